The van der Waals surface area contributed by atoms with Crippen molar-refractivity contribution in [1.82, 2.24) is 0 Å². The van der Waals surface area contributed by atoms with Crippen molar-refractivity contribution in [1.29, 1.82) is 0 Å². The molecule has 0 saturated heterocycles. The fourth-order valence-electron chi connectivity index (χ4n) is 1.43. The molecule has 2 N–H and O–H groups in total. The van der Waals surface area contributed by atoms with Gasteiger partial charge in [-0.15, -0.1) is 0 Å². The van der Waals surface area contributed by atoms with Crippen LogP contribution in [0.3, 0.4) is 0 Å². The van der Waals surface area contributed by atoms with E-state index in [0.717, 1.165) is 14.5 Å². The van der Waals surface area contributed by atoms with Gasteiger partial charge in [-0.05, 0) is 70.3 Å². The maximum atomic E-state index is 12.0. The van der Waals surface area contributed by atoms with E-state index in [0.29, 0.717) is 12.3 Å². The summed E-state index contributed by atoms with van der Waals surface area (Å²) in [5.74, 6) is 0.569. The Balaban J connectivity index is 2.78. The Kier molecular flexibility index (Phi) is 6.07. The Morgan fingerprint density at radius 2 is 1.70 bits per heavy atom. The molecule has 1 aromatic carbocycles. The summed E-state index contributed by atoms with van der Waals surface area (Å²) in [5.41, 5.74) is 6.54. The van der Waals surface area contributed by atoms with E-state index in [1.807, 2.05) is 12.1 Å². The van der Waals surface area contributed by atoms with Gasteiger partial charge in [0.15, 0.2) is 9.84 Å². The van der Waals surface area contributed by atoms with Gasteiger partial charge in [-0.2, -0.15) is 0 Å². The lowest BCUT2D eigenvalue weighted by Crippen LogP contribution is -2.32. The van der Waals surface area contributed by atoms with E-state index in [-0.39, 0.29) is 12.4 Å². The summed E-state index contributed by atoms with van der Waals surface area (Å²) in [7, 11) is -3.18. The molecule has 0 bridgehead atoms. The van der Waals surface area contributed by atoms with Crippen molar-refractivity contribution in [3.05, 3.63) is 26.6 Å². The Morgan fingerprint density at radius 1 is 1.20 bits per heavy atom. The fourth-order valence-corrected chi connectivity index (χ4v) is 3.85. The zero-order valence-electron chi connectivity index (χ0n) is 11.7. The average molecular weight is 429 g/mol. The molecular weight excluding hydrogens is 410 g/mol. The van der Waals surface area contributed by atoms with E-state index in [1.165, 1.54) is 0 Å². The van der Waals surface area contributed by atoms with E-state index < -0.39 is 14.6 Å². The first-order chi connectivity index (χ1) is 9.08. The minimum atomic E-state index is -3.18. The summed E-state index contributed by atoms with van der Waals surface area (Å²) >= 11 is 6.80. The number of nitrogens with two attached hydrogens (primary N) is 1. The quantitative estimate of drug-likeness (QED) is 0.781. The lowest BCUT2D eigenvalue weighted by atomic mass is 10.2. The molecule has 1 aromatic rings. The van der Waals surface area contributed by atoms with E-state index >= 15 is 0 Å². The van der Waals surface area contributed by atoms with Crippen LogP contribution in [0.4, 0.5) is 0 Å². The van der Waals surface area contributed by atoms with E-state index in [4.69, 9.17) is 10.5 Å². The van der Waals surface area contributed by atoms with Crippen LogP contribution in [0.25, 0.3) is 0 Å². The third-order valence-electron chi connectivity index (χ3n) is 2.83. The van der Waals surface area contributed by atoms with Crippen LogP contribution in [-0.2, 0) is 16.4 Å². The molecule has 0 unspecified atom stereocenters. The molecule has 0 amide bonds. The van der Waals surface area contributed by atoms with Gasteiger partial charge >= 0.3 is 0 Å². The normalized spacial score (nSPS) is 12.5. The summed E-state index contributed by atoms with van der Waals surface area (Å²) in [6.45, 7) is 5.59. The molecule has 0 atom stereocenters. The first kappa shape index (κ1) is 17.9. The third-order valence-corrected chi connectivity index (χ3v) is 6.57. The first-order valence-corrected chi connectivity index (χ1v) is 9.35. The van der Waals surface area contributed by atoms with E-state index in [1.54, 1.807) is 20.8 Å². The van der Waals surface area contributed by atoms with Gasteiger partial charge in [0.05, 0.1) is 19.4 Å². The van der Waals surface area contributed by atoms with Crippen molar-refractivity contribution in [2.24, 2.45) is 5.73 Å². The minimum absolute atomic E-state index is 0.0198. The highest BCUT2D eigenvalue weighted by Crippen LogP contribution is 2.34. The van der Waals surface area contributed by atoms with Crippen LogP contribution < -0.4 is 10.5 Å². The zero-order valence-corrected chi connectivity index (χ0v) is 15.7. The van der Waals surface area contributed by atoms with Gasteiger partial charge in [0, 0.05) is 6.54 Å². The lowest BCUT2D eigenvalue weighted by Gasteiger charge is -2.19. The van der Waals surface area contributed by atoms with Crippen LogP contribution in [-0.4, -0.2) is 25.5 Å². The second-order valence-electron chi connectivity index (χ2n) is 5.37. The second kappa shape index (κ2) is 6.77. The predicted octanol–water partition coefficient (Wildman–Crippen LogP) is 3.26. The highest BCUT2D eigenvalue weighted by atomic mass is 79.9. The van der Waals surface area contributed by atoms with Crippen LogP contribution >= 0.6 is 31.9 Å². The van der Waals surface area contributed by atoms with Gasteiger partial charge in [-0.25, -0.2) is 8.42 Å². The summed E-state index contributed by atoms with van der Waals surface area (Å²) < 4.78 is 30.3. The molecule has 7 heteroatoms. The predicted molar refractivity (Wildman–Crippen MR) is 88.8 cm³/mol. The van der Waals surface area contributed by atoms with Gasteiger partial charge in [-0.3, -0.25) is 0 Å². The van der Waals surface area contributed by atoms with Gasteiger partial charge in [-0.1, -0.05) is 0 Å². The van der Waals surface area contributed by atoms with Crippen molar-refractivity contribution in [3.63, 3.8) is 0 Å². The monoisotopic (exact) mass is 427 g/mol. The number of halogens is 2. The molecule has 4 nitrogen and oxygen atoms in total. The third kappa shape index (κ3) is 4.44. The van der Waals surface area contributed by atoms with Gasteiger partial charge < -0.3 is 10.5 Å². The summed E-state index contributed by atoms with van der Waals surface area (Å²) in [5, 5.41) is 0. The molecule has 1 rings (SSSR count). The van der Waals surface area contributed by atoms with Gasteiger partial charge in [0.2, 0.25) is 0 Å². The number of hydrogen-bond acceptors (Lipinski definition) is 4. The molecule has 0 aromatic heterocycles. The van der Waals surface area contributed by atoms with E-state index in [9.17, 15) is 8.42 Å². The van der Waals surface area contributed by atoms with Crippen LogP contribution in [0, 0.1) is 0 Å². The van der Waals surface area contributed by atoms with Crippen LogP contribution in [0.1, 0.15) is 26.3 Å². The molecule has 0 fully saturated rings. The van der Waals surface area contributed by atoms with Crippen LogP contribution in [0.15, 0.2) is 21.1 Å². The van der Waals surface area contributed by atoms with Crippen molar-refractivity contribution in [3.8, 4) is 5.75 Å². The first-order valence-electron chi connectivity index (χ1n) is 6.11. The minimum Gasteiger partial charge on any atom is -0.490 e. The SMILES string of the molecule is CC(C)(C)S(=O)(=O)CCOc1c(Br)cc(CN)cc1Br. The van der Waals surface area contributed by atoms with Crippen molar-refractivity contribution >= 4 is 41.7 Å². The molecule has 0 aliphatic carbocycles. The maximum absolute atomic E-state index is 12.0. The number of sulfone groups is 1. The van der Waals surface area contributed by atoms with Crippen molar-refractivity contribution in [2.75, 3.05) is 12.4 Å². The lowest BCUT2D eigenvalue weighted by molar-refractivity contribution is 0.335. The fraction of sp³-hybridized carbons (Fsp3) is 0.538. The summed E-state index contributed by atoms with van der Waals surface area (Å²) in [4.78, 5) is 0. The second-order valence-corrected chi connectivity index (χ2v) is 9.94. The molecule has 0 aliphatic rings. The number of benzene rings is 1. The van der Waals surface area contributed by atoms with Gasteiger partial charge in [0.25, 0.3) is 0 Å². The van der Waals surface area contributed by atoms with E-state index in [2.05, 4.69) is 31.9 Å². The maximum Gasteiger partial charge on any atom is 0.158 e. The summed E-state index contributed by atoms with van der Waals surface area (Å²) in [6.07, 6.45) is 0. The number of rotatable bonds is 5. The smallest absolute Gasteiger partial charge is 0.158 e. The molecule has 0 heterocycles. The van der Waals surface area contributed by atoms with Crippen LogP contribution in [0.2, 0.25) is 0 Å². The van der Waals surface area contributed by atoms with Crippen molar-refractivity contribution in [2.45, 2.75) is 32.1 Å². The Morgan fingerprint density at radius 3 is 2.10 bits per heavy atom. The topological polar surface area (TPSA) is 69.4 Å². The molecule has 0 saturated carbocycles. The standard InChI is InChI=1S/C13H19Br2NO3S/c1-13(2,3)20(17,18)5-4-19-12-10(14)6-9(8-16)7-11(12)15/h6-7H,4-5,8,16H2,1-3H3. The highest BCUT2D eigenvalue weighted by Gasteiger charge is 2.28. The van der Waals surface area contributed by atoms with Crippen LogP contribution in [0.5, 0.6) is 5.75 Å². The summed E-state index contributed by atoms with van der Waals surface area (Å²) in [6, 6.07) is 3.72. The Bertz CT molecular complexity index is 557. The zero-order chi connectivity index (χ0) is 15.6. The molecule has 20 heavy (non-hydrogen) atoms. The van der Waals surface area contributed by atoms with Gasteiger partial charge in [0.1, 0.15) is 12.4 Å². The molecule has 0 aliphatic heterocycles. The molecular formula is C13H19Br2NO3S. The largest absolute Gasteiger partial charge is 0.490 e. The Hall–Kier alpha value is -0.110. The molecule has 0 spiro atoms. The highest BCUT2D eigenvalue weighted by molar-refractivity contribution is 9.11. The number of hydrogen-bond donors (Lipinski definition) is 1. The molecule has 0 radical (unpaired) electrons. The molecule has 114 valence electrons. The number of ether oxygens (including phenoxy) is 1. The van der Waals surface area contributed by atoms with Crippen molar-refractivity contribution < 1.29 is 13.2 Å². The average Bonchev–Trinajstić information content (AvgIpc) is 2.30. The Labute approximate surface area is 137 Å².